The van der Waals surface area contributed by atoms with Crippen LogP contribution in [0, 0.1) is 0 Å². The Hall–Kier alpha value is -1.77. The number of nitrogens with zero attached hydrogens (tertiary/aromatic N) is 2. The third-order valence-electron chi connectivity index (χ3n) is 3.76. The van der Waals surface area contributed by atoms with Gasteiger partial charge in [-0.05, 0) is 45.1 Å². The summed E-state index contributed by atoms with van der Waals surface area (Å²) in [6.45, 7) is 6.39. The van der Waals surface area contributed by atoms with Crippen LogP contribution in [0.25, 0.3) is 11.3 Å². The number of nitrogen functional groups attached to an aromatic ring is 1. The van der Waals surface area contributed by atoms with Crippen molar-refractivity contribution in [2.24, 2.45) is 0 Å². The monoisotopic (exact) mass is 255 g/mol. The summed E-state index contributed by atoms with van der Waals surface area (Å²) in [4.78, 5) is 4.48. The number of rotatable bonds is 2. The fraction of sp³-hybridized carbons (Fsp3) is 0.438. The molecule has 3 rings (SSSR count). The molecule has 1 heterocycles. The van der Waals surface area contributed by atoms with Crippen LogP contribution in [0.4, 0.5) is 5.82 Å². The van der Waals surface area contributed by atoms with Crippen LogP contribution < -0.4 is 5.73 Å². The van der Waals surface area contributed by atoms with Gasteiger partial charge in [-0.15, -0.1) is 0 Å². The van der Waals surface area contributed by atoms with Gasteiger partial charge in [0.2, 0.25) is 0 Å². The van der Waals surface area contributed by atoms with Gasteiger partial charge in [-0.25, -0.2) is 4.98 Å². The molecule has 1 aliphatic rings. The smallest absolute Gasteiger partial charge is 0.132 e. The molecule has 0 radical (unpaired) electrons. The first kappa shape index (κ1) is 12.3. The van der Waals surface area contributed by atoms with Crippen LogP contribution in [0.1, 0.15) is 45.1 Å². The lowest BCUT2D eigenvalue weighted by molar-refractivity contribution is 0.402. The summed E-state index contributed by atoms with van der Waals surface area (Å²) in [6, 6.07) is 8.70. The van der Waals surface area contributed by atoms with Gasteiger partial charge >= 0.3 is 0 Å². The van der Waals surface area contributed by atoms with Gasteiger partial charge in [0.1, 0.15) is 11.5 Å². The van der Waals surface area contributed by atoms with Crippen LogP contribution in [0.3, 0.4) is 0 Å². The minimum absolute atomic E-state index is 0.0384. The molecule has 1 saturated carbocycles. The molecule has 2 aromatic rings. The summed E-state index contributed by atoms with van der Waals surface area (Å²) < 4.78 is 2.02. The van der Waals surface area contributed by atoms with Crippen molar-refractivity contribution in [1.82, 2.24) is 9.55 Å². The van der Waals surface area contributed by atoms with Crippen LogP contribution in [0.2, 0.25) is 0 Å². The lowest BCUT2D eigenvalue weighted by Crippen LogP contribution is -2.22. The molecule has 1 fully saturated rings. The molecule has 0 spiro atoms. The van der Waals surface area contributed by atoms with Gasteiger partial charge in [0, 0.05) is 11.1 Å². The molecule has 3 heteroatoms. The van der Waals surface area contributed by atoms with Gasteiger partial charge in [0.25, 0.3) is 0 Å². The molecule has 0 unspecified atom stereocenters. The highest BCUT2D eigenvalue weighted by atomic mass is 15.2. The van der Waals surface area contributed by atoms with Crippen LogP contribution >= 0.6 is 0 Å². The number of imidazole rings is 1. The molecule has 100 valence electrons. The highest BCUT2D eigenvalue weighted by molar-refractivity contribution is 5.70. The Morgan fingerprint density at radius 3 is 2.26 bits per heavy atom. The van der Waals surface area contributed by atoms with E-state index < -0.39 is 0 Å². The Morgan fingerprint density at radius 1 is 1.16 bits per heavy atom. The summed E-state index contributed by atoms with van der Waals surface area (Å²) in [6.07, 6.45) is 4.50. The lowest BCUT2D eigenvalue weighted by Gasteiger charge is -2.22. The Labute approximate surface area is 114 Å². The normalized spacial score (nSPS) is 15.7. The Bertz CT molecular complexity index is 583. The maximum absolute atomic E-state index is 6.23. The average molecular weight is 255 g/mol. The van der Waals surface area contributed by atoms with Gasteiger partial charge in [-0.1, -0.05) is 24.3 Å². The molecule has 0 aliphatic heterocycles. The molecular formula is C16H21N3. The second-order valence-electron chi connectivity index (χ2n) is 6.42. The van der Waals surface area contributed by atoms with Crippen molar-refractivity contribution in [3.05, 3.63) is 36.2 Å². The van der Waals surface area contributed by atoms with E-state index in [1.54, 1.807) is 0 Å². The first-order valence-electron chi connectivity index (χ1n) is 6.90. The van der Waals surface area contributed by atoms with E-state index in [2.05, 4.69) is 50.0 Å². The van der Waals surface area contributed by atoms with Crippen molar-refractivity contribution in [1.29, 1.82) is 0 Å². The molecule has 0 saturated heterocycles. The largest absolute Gasteiger partial charge is 0.383 e. The molecule has 2 N–H and O–H groups in total. The van der Waals surface area contributed by atoms with Crippen molar-refractivity contribution in [3.8, 4) is 11.3 Å². The highest BCUT2D eigenvalue weighted by Crippen LogP contribution is 2.40. The number of hydrogen-bond acceptors (Lipinski definition) is 2. The van der Waals surface area contributed by atoms with Gasteiger partial charge in [0.15, 0.2) is 0 Å². The molecular weight excluding hydrogens is 234 g/mol. The molecule has 0 atom stereocenters. The molecule has 0 bridgehead atoms. The maximum atomic E-state index is 6.23. The zero-order valence-electron chi connectivity index (χ0n) is 11.9. The predicted octanol–water partition coefficient (Wildman–Crippen LogP) is 3.76. The molecule has 1 aromatic carbocycles. The molecule has 3 nitrogen and oxygen atoms in total. The van der Waals surface area contributed by atoms with Crippen LogP contribution in [0.15, 0.2) is 30.6 Å². The second-order valence-corrected chi connectivity index (χ2v) is 6.42. The van der Waals surface area contributed by atoms with E-state index in [0.717, 1.165) is 23.0 Å². The number of benzene rings is 1. The van der Waals surface area contributed by atoms with E-state index in [0.29, 0.717) is 0 Å². The molecule has 19 heavy (non-hydrogen) atoms. The van der Waals surface area contributed by atoms with Crippen molar-refractivity contribution < 1.29 is 0 Å². The van der Waals surface area contributed by atoms with E-state index in [4.69, 9.17) is 5.73 Å². The summed E-state index contributed by atoms with van der Waals surface area (Å²) in [5.74, 6) is 1.53. The first-order valence-corrected chi connectivity index (χ1v) is 6.90. The number of hydrogen-bond donors (Lipinski definition) is 1. The third-order valence-corrected chi connectivity index (χ3v) is 3.76. The van der Waals surface area contributed by atoms with E-state index >= 15 is 0 Å². The minimum atomic E-state index is -0.0384. The topological polar surface area (TPSA) is 43.8 Å². The molecule has 0 amide bonds. The number of anilines is 1. The maximum Gasteiger partial charge on any atom is 0.132 e. The van der Waals surface area contributed by atoms with E-state index in [1.165, 1.54) is 18.4 Å². The van der Waals surface area contributed by atoms with E-state index in [1.807, 2.05) is 10.9 Å². The second kappa shape index (κ2) is 4.12. The van der Waals surface area contributed by atoms with Crippen molar-refractivity contribution >= 4 is 5.82 Å². The quantitative estimate of drug-likeness (QED) is 0.887. The van der Waals surface area contributed by atoms with Crippen LogP contribution in [-0.4, -0.2) is 9.55 Å². The van der Waals surface area contributed by atoms with Gasteiger partial charge in [0.05, 0.1) is 6.33 Å². The first-order chi connectivity index (χ1) is 8.97. The van der Waals surface area contributed by atoms with E-state index in [9.17, 15) is 0 Å². The van der Waals surface area contributed by atoms with E-state index in [-0.39, 0.29) is 5.54 Å². The fourth-order valence-corrected chi connectivity index (χ4v) is 2.44. The molecule has 1 aromatic heterocycles. The van der Waals surface area contributed by atoms with Gasteiger partial charge < -0.3 is 10.3 Å². The highest BCUT2D eigenvalue weighted by Gasteiger charge is 2.23. The van der Waals surface area contributed by atoms with Crippen molar-refractivity contribution in [3.63, 3.8) is 0 Å². The minimum Gasteiger partial charge on any atom is -0.383 e. The fourth-order valence-electron chi connectivity index (χ4n) is 2.44. The molecule has 1 aliphatic carbocycles. The van der Waals surface area contributed by atoms with Crippen molar-refractivity contribution in [2.45, 2.75) is 45.1 Å². The predicted molar refractivity (Wildman–Crippen MR) is 79.0 cm³/mol. The van der Waals surface area contributed by atoms with Crippen LogP contribution in [-0.2, 0) is 5.54 Å². The average Bonchev–Trinajstić information content (AvgIpc) is 3.11. The summed E-state index contributed by atoms with van der Waals surface area (Å²) in [7, 11) is 0. The Morgan fingerprint density at radius 2 is 1.79 bits per heavy atom. The van der Waals surface area contributed by atoms with Gasteiger partial charge in [-0.2, -0.15) is 0 Å². The summed E-state index contributed by atoms with van der Waals surface area (Å²) in [5, 5.41) is 0. The number of aromatic nitrogens is 2. The summed E-state index contributed by atoms with van der Waals surface area (Å²) >= 11 is 0. The number of nitrogens with two attached hydrogens (primary N) is 1. The zero-order valence-corrected chi connectivity index (χ0v) is 11.9. The third kappa shape index (κ3) is 2.25. The lowest BCUT2D eigenvalue weighted by atomic mass is 10.1. The Kier molecular flexibility index (Phi) is 2.66. The van der Waals surface area contributed by atoms with Gasteiger partial charge in [-0.3, -0.25) is 0 Å². The standard InChI is InChI=1S/C16H21N3/c1-16(2,3)19-10-18-14(15(19)17)13-8-6-12(7-9-13)11-4-5-11/h6-11H,4-5,17H2,1-3H3. The van der Waals surface area contributed by atoms with Crippen molar-refractivity contribution in [2.75, 3.05) is 5.73 Å². The Balaban J connectivity index is 1.95. The SMILES string of the molecule is CC(C)(C)n1cnc(-c2ccc(C3CC3)cc2)c1N. The van der Waals surface area contributed by atoms with Crippen LogP contribution in [0.5, 0.6) is 0 Å². The zero-order chi connectivity index (χ0) is 13.6. The summed E-state index contributed by atoms with van der Waals surface area (Å²) in [5.41, 5.74) is 9.62.